The number of carbonyl (C=O) groups excluding carboxylic acids is 1. The first-order valence-corrected chi connectivity index (χ1v) is 6.16. The Morgan fingerprint density at radius 3 is 2.59 bits per heavy atom. The van der Waals surface area contributed by atoms with E-state index in [4.69, 9.17) is 19.9 Å². The van der Waals surface area contributed by atoms with E-state index in [1.807, 2.05) is 6.92 Å². The Morgan fingerprint density at radius 2 is 2.00 bits per heavy atom. The minimum atomic E-state index is -0.192. The molecule has 0 aromatic heterocycles. The molecule has 5 heteroatoms. The van der Waals surface area contributed by atoms with Crippen LogP contribution in [-0.2, 0) is 19.0 Å². The van der Waals surface area contributed by atoms with Gasteiger partial charge >= 0.3 is 5.97 Å². The van der Waals surface area contributed by atoms with E-state index < -0.39 is 0 Å². The van der Waals surface area contributed by atoms with Gasteiger partial charge in [0.15, 0.2) is 0 Å². The third kappa shape index (κ3) is 10.2. The van der Waals surface area contributed by atoms with Crippen LogP contribution in [0.5, 0.6) is 0 Å². The third-order valence-corrected chi connectivity index (χ3v) is 2.49. The van der Waals surface area contributed by atoms with Crippen molar-refractivity contribution < 1.29 is 19.0 Å². The molecule has 0 heterocycles. The Morgan fingerprint density at radius 1 is 1.24 bits per heavy atom. The zero-order valence-corrected chi connectivity index (χ0v) is 10.9. The molecule has 0 saturated carbocycles. The number of methoxy groups -OCH3 is 1. The maximum atomic E-state index is 11.4. The summed E-state index contributed by atoms with van der Waals surface area (Å²) in [7, 11) is 1.66. The van der Waals surface area contributed by atoms with Crippen LogP contribution in [0.3, 0.4) is 0 Å². The molecule has 5 nitrogen and oxygen atoms in total. The molecule has 0 rings (SSSR count). The first-order valence-electron chi connectivity index (χ1n) is 6.16. The zero-order valence-electron chi connectivity index (χ0n) is 10.9. The summed E-state index contributed by atoms with van der Waals surface area (Å²) in [5.41, 5.74) is 5.51. The van der Waals surface area contributed by atoms with Crippen LogP contribution in [0.15, 0.2) is 0 Å². The van der Waals surface area contributed by atoms with E-state index in [1.54, 1.807) is 7.11 Å². The van der Waals surface area contributed by atoms with Crippen molar-refractivity contribution in [3.05, 3.63) is 0 Å². The molecular formula is C12H25NO4. The van der Waals surface area contributed by atoms with Gasteiger partial charge in [-0.15, -0.1) is 0 Å². The van der Waals surface area contributed by atoms with Crippen molar-refractivity contribution in [3.63, 3.8) is 0 Å². The van der Waals surface area contributed by atoms with Crippen molar-refractivity contribution in [2.75, 3.05) is 40.1 Å². The summed E-state index contributed by atoms with van der Waals surface area (Å²) in [4.78, 5) is 11.4. The molecule has 0 spiro atoms. The Bertz CT molecular complexity index is 183. The molecule has 1 atom stereocenters. The van der Waals surface area contributed by atoms with E-state index >= 15 is 0 Å². The smallest absolute Gasteiger partial charge is 0.306 e. The first kappa shape index (κ1) is 16.4. The van der Waals surface area contributed by atoms with Gasteiger partial charge in [0.05, 0.1) is 6.61 Å². The molecule has 0 aromatic carbocycles. The fourth-order valence-electron chi connectivity index (χ4n) is 1.31. The van der Waals surface area contributed by atoms with E-state index in [-0.39, 0.29) is 11.9 Å². The number of esters is 1. The van der Waals surface area contributed by atoms with Gasteiger partial charge in [0.2, 0.25) is 0 Å². The summed E-state index contributed by atoms with van der Waals surface area (Å²) >= 11 is 0. The number of hydrogen-bond donors (Lipinski definition) is 1. The van der Waals surface area contributed by atoms with Gasteiger partial charge in [-0.2, -0.15) is 0 Å². The summed E-state index contributed by atoms with van der Waals surface area (Å²) < 4.78 is 15.2. The first-order chi connectivity index (χ1) is 8.24. The number of rotatable bonds is 11. The summed E-state index contributed by atoms with van der Waals surface area (Å²) in [6, 6.07) is 0. The highest BCUT2D eigenvalue weighted by molar-refractivity contribution is 5.69. The van der Waals surface area contributed by atoms with Crippen LogP contribution in [0.1, 0.15) is 26.2 Å². The zero-order chi connectivity index (χ0) is 12.9. The van der Waals surface area contributed by atoms with Crippen molar-refractivity contribution in [3.8, 4) is 0 Å². The number of ether oxygens (including phenoxy) is 3. The van der Waals surface area contributed by atoms with Crippen molar-refractivity contribution >= 4 is 5.97 Å². The summed E-state index contributed by atoms with van der Waals surface area (Å²) in [6.45, 7) is 4.62. The molecule has 0 fully saturated rings. The number of hydrogen-bond acceptors (Lipinski definition) is 5. The van der Waals surface area contributed by atoms with Crippen molar-refractivity contribution in [2.24, 2.45) is 11.7 Å². The van der Waals surface area contributed by atoms with Crippen LogP contribution in [-0.4, -0.2) is 46.1 Å². The number of carbonyl (C=O) groups is 1. The van der Waals surface area contributed by atoms with Gasteiger partial charge in [-0.1, -0.05) is 13.3 Å². The largest absolute Gasteiger partial charge is 0.463 e. The normalized spacial score (nSPS) is 12.4. The van der Waals surface area contributed by atoms with E-state index in [2.05, 4.69) is 0 Å². The lowest BCUT2D eigenvalue weighted by molar-refractivity contribution is -0.146. The minimum absolute atomic E-state index is 0.192. The van der Waals surface area contributed by atoms with E-state index in [0.717, 1.165) is 12.8 Å². The third-order valence-electron chi connectivity index (χ3n) is 2.49. The summed E-state index contributed by atoms with van der Waals surface area (Å²) in [6.07, 6.45) is 2.16. The predicted octanol–water partition coefficient (Wildman–Crippen LogP) is 0.958. The average Bonchev–Trinajstić information content (AvgIpc) is 2.34. The molecule has 0 aliphatic rings. The molecule has 102 valence electrons. The highest BCUT2D eigenvalue weighted by Gasteiger charge is 2.11. The van der Waals surface area contributed by atoms with Crippen molar-refractivity contribution in [2.45, 2.75) is 26.2 Å². The monoisotopic (exact) mass is 247 g/mol. The Labute approximate surface area is 104 Å². The van der Waals surface area contributed by atoms with Crippen LogP contribution in [0.2, 0.25) is 0 Å². The van der Waals surface area contributed by atoms with Crippen LogP contribution < -0.4 is 5.73 Å². The molecule has 0 saturated heterocycles. The molecule has 0 radical (unpaired) electrons. The second-order valence-corrected chi connectivity index (χ2v) is 3.89. The fourth-order valence-corrected chi connectivity index (χ4v) is 1.31. The standard InChI is InChI=1S/C12H25NO4/c1-3-11(10-13)9-12(14)17-8-7-16-6-4-5-15-2/h11H,3-10,13H2,1-2H3. The molecule has 17 heavy (non-hydrogen) atoms. The predicted molar refractivity (Wildman–Crippen MR) is 65.7 cm³/mol. The van der Waals surface area contributed by atoms with Crippen LogP contribution in [0.25, 0.3) is 0 Å². The van der Waals surface area contributed by atoms with Gasteiger partial charge in [-0.3, -0.25) is 4.79 Å². The van der Waals surface area contributed by atoms with Crippen molar-refractivity contribution in [1.29, 1.82) is 0 Å². The highest BCUT2D eigenvalue weighted by atomic mass is 16.6. The second kappa shape index (κ2) is 11.8. The molecule has 0 amide bonds. The van der Waals surface area contributed by atoms with Gasteiger partial charge in [-0.25, -0.2) is 0 Å². The maximum Gasteiger partial charge on any atom is 0.306 e. The molecule has 0 aliphatic heterocycles. The van der Waals surface area contributed by atoms with Gasteiger partial charge in [0.25, 0.3) is 0 Å². The molecule has 0 aromatic rings. The average molecular weight is 247 g/mol. The van der Waals surface area contributed by atoms with Gasteiger partial charge in [-0.05, 0) is 18.9 Å². The minimum Gasteiger partial charge on any atom is -0.463 e. The lowest BCUT2D eigenvalue weighted by Crippen LogP contribution is -2.20. The van der Waals surface area contributed by atoms with E-state index in [0.29, 0.717) is 39.4 Å². The molecule has 0 aliphatic carbocycles. The Balaban J connectivity index is 3.33. The summed E-state index contributed by atoms with van der Waals surface area (Å²) in [5.74, 6) is 0.0351. The quantitative estimate of drug-likeness (QED) is 0.435. The maximum absolute atomic E-state index is 11.4. The second-order valence-electron chi connectivity index (χ2n) is 3.89. The van der Waals surface area contributed by atoms with E-state index in [9.17, 15) is 4.79 Å². The molecule has 2 N–H and O–H groups in total. The summed E-state index contributed by atoms with van der Waals surface area (Å²) in [5, 5.41) is 0. The van der Waals surface area contributed by atoms with Gasteiger partial charge < -0.3 is 19.9 Å². The van der Waals surface area contributed by atoms with E-state index in [1.165, 1.54) is 0 Å². The Kier molecular flexibility index (Phi) is 11.4. The lowest BCUT2D eigenvalue weighted by atomic mass is 10.0. The lowest BCUT2D eigenvalue weighted by Gasteiger charge is -2.11. The van der Waals surface area contributed by atoms with Crippen molar-refractivity contribution in [1.82, 2.24) is 0 Å². The van der Waals surface area contributed by atoms with Crippen LogP contribution in [0, 0.1) is 5.92 Å². The molecular weight excluding hydrogens is 222 g/mol. The fraction of sp³-hybridized carbons (Fsp3) is 0.917. The highest BCUT2D eigenvalue weighted by Crippen LogP contribution is 2.06. The molecule has 0 bridgehead atoms. The van der Waals surface area contributed by atoms with Gasteiger partial charge in [0.1, 0.15) is 6.61 Å². The van der Waals surface area contributed by atoms with Crippen LogP contribution >= 0.6 is 0 Å². The SMILES string of the molecule is CCC(CN)CC(=O)OCCOCCCOC. The van der Waals surface area contributed by atoms with Gasteiger partial charge in [0, 0.05) is 26.7 Å². The van der Waals surface area contributed by atoms with Crippen LogP contribution in [0.4, 0.5) is 0 Å². The number of nitrogens with two attached hydrogens (primary N) is 1. The molecule has 1 unspecified atom stereocenters. The Hall–Kier alpha value is -0.650. The topological polar surface area (TPSA) is 70.8 Å².